The summed E-state index contributed by atoms with van der Waals surface area (Å²) < 4.78 is 15.2. The molecule has 31 nitrogen and oxygen atoms in total. The summed E-state index contributed by atoms with van der Waals surface area (Å²) in [5.74, 6) is 2.75. The second-order valence-corrected chi connectivity index (χ2v) is 35.7. The maximum Gasteiger partial charge on any atom is 0.223 e. The van der Waals surface area contributed by atoms with Crippen LogP contribution in [0, 0.1) is 0 Å². The molecule has 6 aromatic carbocycles. The van der Waals surface area contributed by atoms with Gasteiger partial charge in [-0.25, -0.2) is 0 Å². The Morgan fingerprint density at radius 3 is 0.901 bits per heavy atom. The number of nitrogens with zero attached hydrogens (tertiary/aromatic N) is 10. The summed E-state index contributed by atoms with van der Waals surface area (Å²) in [6.07, 6.45) is 17.4. The Balaban J connectivity index is 0.000000126. The van der Waals surface area contributed by atoms with Crippen molar-refractivity contribution in [2.75, 3.05) is 67.7 Å². The van der Waals surface area contributed by atoms with Gasteiger partial charge in [-0.15, -0.1) is 0 Å². The smallest absolute Gasteiger partial charge is 0.223 e. The Kier molecular flexibility index (Phi) is 29.8. The number of carbonyl (C=O) groups excluding carboxylic acids is 3. The van der Waals surface area contributed by atoms with E-state index in [1.165, 1.54) is 48.2 Å². The predicted molar refractivity (Wildman–Crippen MR) is 507 cm³/mol. The lowest BCUT2D eigenvalue weighted by molar-refractivity contribution is -0.118. The molecule has 6 aliphatic heterocycles. The lowest BCUT2D eigenvalue weighted by Crippen LogP contribution is -2.44. The molecule has 6 atom stereocenters. The highest BCUT2D eigenvalue weighted by atomic mass is 79.9. The Labute approximate surface area is 763 Å². The fourth-order valence-corrected chi connectivity index (χ4v) is 17.9. The first kappa shape index (κ1) is 89.0. The lowest BCUT2D eigenvalue weighted by atomic mass is 10.0. The van der Waals surface area contributed by atoms with Crippen LogP contribution in [0.5, 0.6) is 0 Å². The molecule has 6 aromatic heterocycles. The van der Waals surface area contributed by atoms with Gasteiger partial charge in [-0.2, -0.15) is 18.9 Å². The molecule has 121 heavy (non-hydrogen) atoms. The SMILES string of the molecule is CC(=O)NC1=NCCC(c2c[nH]c3ccc(Br)cc23)N1.COn1cc(C2CCN=C(N)N2)c2cc(Br)c(Br)cc21.COn1cc(C2CCN=C(N)N2)c2cc(Br)ccc21.COn1cc(C2CCN=C(NC(C)=O)N2)c2cc(Br)c(Br)cc21.COn1cc(C2CCN=C(NC(C)=O)N2)c2cc(Br)ccc21.NC1=NCCC(c2c[nH]c3ccc(Br)cc23)N1. The molecular weight excluding hydrogens is 2070 g/mol. The first-order valence-electron chi connectivity index (χ1n) is 38.5. The molecule has 0 spiro atoms. The normalized spacial score (nSPS) is 18.5. The molecule has 0 radical (unpaired) electrons. The molecule has 0 saturated carbocycles. The third-order valence-electron chi connectivity index (χ3n) is 20.5. The van der Waals surface area contributed by atoms with E-state index >= 15 is 0 Å². The van der Waals surface area contributed by atoms with Crippen LogP contribution in [0.1, 0.15) is 129 Å². The molecule has 18 rings (SSSR count). The standard InChI is InChI=1S/C15H16Br2N4O2.C15H17BrN4O2.C14H15BrN4O.C13H14Br2N4O.C13H15BrN4O.C12H13BrN4/c1-8(22)19-15-18-4-3-13(20-15)10-7-21(23-2)14-6-12(17)11(16)5-9(10)14;1-9(21)18-15-17-6-5-13(19-15)12-8-20(22-2)14-4-3-10(16)7-11(12)14;1-8(20)18-14-16-5-4-13(19-14)11-7-17-12-3-2-9(15)6-10(11)12;1-20-19-6-8(11-2-3-17-13(16)18-11)7-4-9(14)10(15)5-12(7)19;1-19-18-7-10(11-4-5-16-13(15)17-11)9-6-8(14)2-3-12(9)18;13-7-1-2-10-8(5-7)9(6-16-10)11-3-4-15-12(14)17-11/h5-7,13H,3-4H2,1-2H3,(H2,18,19,20,22);3-4,7-8,13H,5-6H2,1-2H3,(H2,17,18,19,21);2-3,6-7,13,17H,4-5H2,1H3,(H2,16,18,19,20);4-6,11H,2-3H2,1H3,(H3,16,17,18);2-3,6-7,11H,4-5H2,1H3,(H3,15,16,17);1-2,5-6,11,16H,3-4H2,(H3,14,15,17). The van der Waals surface area contributed by atoms with Gasteiger partial charge < -0.3 is 78.4 Å². The van der Waals surface area contributed by atoms with Gasteiger partial charge in [0.25, 0.3) is 0 Å². The van der Waals surface area contributed by atoms with Gasteiger partial charge >= 0.3 is 0 Å². The van der Waals surface area contributed by atoms with E-state index in [0.29, 0.717) is 55.4 Å². The van der Waals surface area contributed by atoms with Crippen LogP contribution in [-0.2, 0) is 14.4 Å². The quantitative estimate of drug-likeness (QED) is 0.0605. The number of hydrogen-bond acceptors (Lipinski definition) is 22. The first-order valence-corrected chi connectivity index (χ1v) is 44.8. The minimum Gasteiger partial charge on any atom is -0.417 e. The number of benzene rings is 6. The average Bonchev–Trinajstić information content (AvgIpc) is 1.72. The Bertz CT molecular complexity index is 6040. The Morgan fingerprint density at radius 2 is 0.595 bits per heavy atom. The van der Waals surface area contributed by atoms with Crippen LogP contribution < -0.4 is 84.4 Å². The topological polar surface area (TPSA) is 400 Å². The number of hydrogen-bond donors (Lipinski definition) is 14. The molecule has 17 N–H and O–H groups in total. The monoisotopic (exact) mass is 2150 g/mol. The maximum absolute atomic E-state index is 11.2. The summed E-state index contributed by atoms with van der Waals surface area (Å²) in [7, 11) is 6.60. The largest absolute Gasteiger partial charge is 0.417 e. The molecule has 636 valence electrons. The first-order chi connectivity index (χ1) is 58.2. The van der Waals surface area contributed by atoms with E-state index in [1.807, 2.05) is 85.7 Å². The number of aromatic amines is 2. The van der Waals surface area contributed by atoms with Gasteiger partial charge in [-0.1, -0.05) is 63.7 Å². The van der Waals surface area contributed by atoms with Crippen molar-refractivity contribution in [3.8, 4) is 0 Å². The zero-order chi connectivity index (χ0) is 85.9. The van der Waals surface area contributed by atoms with Gasteiger partial charge in [-0.3, -0.25) is 60.3 Å². The number of nitrogens with one attached hydrogen (secondary N) is 11. The van der Waals surface area contributed by atoms with E-state index < -0.39 is 0 Å². The highest BCUT2D eigenvalue weighted by Gasteiger charge is 2.29. The van der Waals surface area contributed by atoms with Gasteiger partial charge in [0.05, 0.1) is 83.1 Å². The number of rotatable bonds is 10. The number of aromatic nitrogens is 6. The van der Waals surface area contributed by atoms with E-state index in [0.717, 1.165) is 165 Å². The van der Waals surface area contributed by atoms with Crippen molar-refractivity contribution >= 4 is 246 Å². The number of amides is 3. The summed E-state index contributed by atoms with van der Waals surface area (Å²) >= 11 is 28.2. The Hall–Kier alpha value is -9.77. The third-order valence-corrected chi connectivity index (χ3v) is 26.2. The fourth-order valence-electron chi connectivity index (χ4n) is 15.1. The van der Waals surface area contributed by atoms with Crippen LogP contribution in [-0.4, -0.2) is 150 Å². The van der Waals surface area contributed by atoms with Crippen molar-refractivity contribution in [3.05, 3.63) is 203 Å². The van der Waals surface area contributed by atoms with Crippen molar-refractivity contribution in [2.45, 2.75) is 95.5 Å². The highest BCUT2D eigenvalue weighted by Crippen LogP contribution is 2.40. The second kappa shape index (κ2) is 40.5. The lowest BCUT2D eigenvalue weighted by Gasteiger charge is -2.24. The Morgan fingerprint density at radius 1 is 0.339 bits per heavy atom. The predicted octanol–water partition coefficient (Wildman–Crippen LogP) is 13.9. The number of fused-ring (bicyclic) bond motifs is 6. The van der Waals surface area contributed by atoms with E-state index in [1.54, 1.807) is 47.4 Å². The summed E-state index contributed by atoms with van der Waals surface area (Å²) in [4.78, 5) is 87.1. The van der Waals surface area contributed by atoms with Crippen molar-refractivity contribution in [1.29, 1.82) is 0 Å². The number of aliphatic imine (C=N–C) groups is 6. The number of halogens is 8. The van der Waals surface area contributed by atoms with Crippen LogP contribution >= 0.6 is 127 Å². The molecule has 0 fully saturated rings. The molecule has 3 amide bonds. The number of nitrogens with two attached hydrogens (primary N) is 3. The van der Waals surface area contributed by atoms with E-state index in [-0.39, 0.29) is 54.0 Å². The molecule has 39 heteroatoms. The van der Waals surface area contributed by atoms with Crippen LogP contribution in [0.25, 0.3) is 65.4 Å². The van der Waals surface area contributed by atoms with E-state index in [4.69, 9.17) is 36.6 Å². The van der Waals surface area contributed by atoms with Crippen LogP contribution in [0.2, 0.25) is 0 Å². The van der Waals surface area contributed by atoms with Crippen LogP contribution in [0.4, 0.5) is 0 Å². The van der Waals surface area contributed by atoms with Crippen molar-refractivity contribution in [3.63, 3.8) is 0 Å². The maximum atomic E-state index is 11.2. The number of guanidine groups is 6. The minimum absolute atomic E-state index is 0.0568. The van der Waals surface area contributed by atoms with Gasteiger partial charge in [-0.05, 0) is 210 Å². The van der Waals surface area contributed by atoms with Crippen LogP contribution in [0.3, 0.4) is 0 Å². The van der Waals surface area contributed by atoms with Crippen molar-refractivity contribution < 1.29 is 33.7 Å². The zero-order valence-corrected chi connectivity index (χ0v) is 79.4. The molecule has 0 saturated heterocycles. The number of H-pyrrole nitrogens is 2. The molecule has 0 aliphatic carbocycles. The second-order valence-electron chi connectivity index (χ2n) is 28.6. The average molecular weight is 2160 g/mol. The van der Waals surface area contributed by atoms with Gasteiger partial charge in [0.15, 0.2) is 35.8 Å². The molecule has 12 aromatic rings. The zero-order valence-electron chi connectivity index (χ0n) is 66.7. The summed E-state index contributed by atoms with van der Waals surface area (Å²) in [6, 6.07) is 33.7. The summed E-state index contributed by atoms with van der Waals surface area (Å²) in [5, 5.41) is 34.6. The molecule has 0 bridgehead atoms. The summed E-state index contributed by atoms with van der Waals surface area (Å²) in [6.45, 7) is 8.72. The molecule has 12 heterocycles. The highest BCUT2D eigenvalue weighted by molar-refractivity contribution is 9.13. The molecule has 6 aliphatic rings. The van der Waals surface area contributed by atoms with Crippen molar-refractivity contribution in [1.82, 2.24) is 76.7 Å². The minimum atomic E-state index is -0.136. The number of carbonyl (C=O) groups is 3. The van der Waals surface area contributed by atoms with Gasteiger partial charge in [0.1, 0.15) is 28.4 Å². The van der Waals surface area contributed by atoms with Crippen LogP contribution in [0.15, 0.2) is 200 Å². The van der Waals surface area contributed by atoms with E-state index in [9.17, 15) is 14.4 Å². The third kappa shape index (κ3) is 21.6. The molecule has 6 unspecified atom stereocenters. The summed E-state index contributed by atoms with van der Waals surface area (Å²) in [5.41, 5.74) is 30.6. The fraction of sp³-hybridized carbons (Fsp3) is 0.305. The van der Waals surface area contributed by atoms with Crippen molar-refractivity contribution in [2.24, 2.45) is 47.2 Å². The molecular formula is C82H90Br8N24O7. The van der Waals surface area contributed by atoms with E-state index in [2.05, 4.69) is 264 Å². The van der Waals surface area contributed by atoms with Gasteiger partial charge in [0.2, 0.25) is 17.7 Å². The van der Waals surface area contributed by atoms with Gasteiger partial charge in [0, 0.05) is 174 Å².